The minimum Gasteiger partial charge on any atom is -0.494 e. The Hall–Kier alpha value is -1.06. The van der Waals surface area contributed by atoms with Crippen LogP contribution in [0.2, 0.25) is 0 Å². The van der Waals surface area contributed by atoms with E-state index in [-0.39, 0.29) is 18.1 Å². The van der Waals surface area contributed by atoms with Gasteiger partial charge in [0.15, 0.2) is 0 Å². The maximum atomic E-state index is 9.03. The molecule has 0 aromatic heterocycles. The van der Waals surface area contributed by atoms with Gasteiger partial charge in [0, 0.05) is 6.04 Å². The molecule has 0 aliphatic heterocycles. The summed E-state index contributed by atoms with van der Waals surface area (Å²) in [4.78, 5) is 0. The van der Waals surface area contributed by atoms with Crippen molar-refractivity contribution in [2.45, 2.75) is 38.6 Å². The summed E-state index contributed by atoms with van der Waals surface area (Å²) < 4.78 is 5.66. The van der Waals surface area contributed by atoms with Crippen molar-refractivity contribution in [3.63, 3.8) is 0 Å². The third-order valence-corrected chi connectivity index (χ3v) is 3.08. The van der Waals surface area contributed by atoms with E-state index >= 15 is 0 Å². The lowest BCUT2D eigenvalue weighted by Gasteiger charge is -2.19. The monoisotopic (exact) mass is 251 g/mol. The summed E-state index contributed by atoms with van der Waals surface area (Å²) in [5.41, 5.74) is 1.48. The fraction of sp³-hybridized carbons (Fsp3) is 0.600. The van der Waals surface area contributed by atoms with Crippen molar-refractivity contribution in [1.29, 1.82) is 0 Å². The van der Waals surface area contributed by atoms with E-state index < -0.39 is 0 Å². The van der Waals surface area contributed by atoms with Crippen molar-refractivity contribution in [3.8, 4) is 5.75 Å². The van der Waals surface area contributed by atoms with E-state index in [2.05, 4.69) is 38.2 Å². The Kier molecular flexibility index (Phi) is 5.63. The van der Waals surface area contributed by atoms with Crippen LogP contribution >= 0.6 is 0 Å². The van der Waals surface area contributed by atoms with Gasteiger partial charge in [-0.3, -0.25) is 0 Å². The summed E-state index contributed by atoms with van der Waals surface area (Å²) in [6, 6.07) is 8.34. The molecule has 3 nitrogen and oxygen atoms in total. The van der Waals surface area contributed by atoms with Gasteiger partial charge in [-0.1, -0.05) is 32.9 Å². The van der Waals surface area contributed by atoms with Crippen LogP contribution in [0.3, 0.4) is 0 Å². The highest BCUT2D eigenvalue weighted by Gasteiger charge is 2.13. The van der Waals surface area contributed by atoms with Crippen LogP contribution in [-0.2, 0) is 5.41 Å². The van der Waals surface area contributed by atoms with Gasteiger partial charge in [0.25, 0.3) is 0 Å². The first kappa shape index (κ1) is 15.0. The van der Waals surface area contributed by atoms with Crippen LogP contribution in [0.4, 0.5) is 0 Å². The SMILES string of the molecule is CNC(CO)CCOc1ccc(C(C)(C)C)cc1. The lowest BCUT2D eigenvalue weighted by molar-refractivity contribution is 0.214. The van der Waals surface area contributed by atoms with Crippen LogP contribution in [0.15, 0.2) is 24.3 Å². The summed E-state index contributed by atoms with van der Waals surface area (Å²) in [6.07, 6.45) is 0.800. The topological polar surface area (TPSA) is 41.5 Å². The Balaban J connectivity index is 2.45. The molecule has 0 saturated carbocycles. The van der Waals surface area contributed by atoms with Crippen molar-refractivity contribution in [1.82, 2.24) is 5.32 Å². The van der Waals surface area contributed by atoms with E-state index in [9.17, 15) is 0 Å². The van der Waals surface area contributed by atoms with Crippen molar-refractivity contribution in [2.24, 2.45) is 0 Å². The van der Waals surface area contributed by atoms with Gasteiger partial charge < -0.3 is 15.2 Å². The molecule has 0 amide bonds. The lowest BCUT2D eigenvalue weighted by Crippen LogP contribution is -2.30. The summed E-state index contributed by atoms with van der Waals surface area (Å²) in [5.74, 6) is 0.885. The molecule has 3 heteroatoms. The Morgan fingerprint density at radius 2 is 1.83 bits per heavy atom. The highest BCUT2D eigenvalue weighted by atomic mass is 16.5. The van der Waals surface area contributed by atoms with Gasteiger partial charge in [0.1, 0.15) is 5.75 Å². The summed E-state index contributed by atoms with van der Waals surface area (Å²) in [6.45, 7) is 7.34. The molecule has 1 rings (SSSR count). The molecule has 1 aromatic carbocycles. The minimum atomic E-state index is 0.110. The van der Waals surface area contributed by atoms with Gasteiger partial charge in [0.2, 0.25) is 0 Å². The minimum absolute atomic E-state index is 0.110. The molecule has 2 N–H and O–H groups in total. The van der Waals surface area contributed by atoms with Gasteiger partial charge >= 0.3 is 0 Å². The van der Waals surface area contributed by atoms with E-state index in [4.69, 9.17) is 9.84 Å². The van der Waals surface area contributed by atoms with Crippen LogP contribution in [0.25, 0.3) is 0 Å². The predicted octanol–water partition coefficient (Wildman–Crippen LogP) is 2.33. The van der Waals surface area contributed by atoms with E-state index in [1.165, 1.54) is 5.56 Å². The average Bonchev–Trinajstić information content (AvgIpc) is 2.34. The first-order chi connectivity index (χ1) is 8.47. The third-order valence-electron chi connectivity index (χ3n) is 3.08. The van der Waals surface area contributed by atoms with E-state index in [0.29, 0.717) is 6.61 Å². The second kappa shape index (κ2) is 6.76. The second-order valence-corrected chi connectivity index (χ2v) is 5.58. The molecule has 0 spiro atoms. The molecule has 0 bridgehead atoms. The number of rotatable bonds is 6. The van der Waals surface area contributed by atoms with Crippen LogP contribution in [0.1, 0.15) is 32.8 Å². The number of hydrogen-bond acceptors (Lipinski definition) is 3. The number of ether oxygens (including phenoxy) is 1. The summed E-state index contributed by atoms with van der Waals surface area (Å²) in [5, 5.41) is 12.1. The maximum absolute atomic E-state index is 9.03. The standard InChI is InChI=1S/C15H25NO2/c1-15(2,3)12-5-7-14(8-6-12)18-10-9-13(11-17)16-4/h5-8,13,16-17H,9-11H2,1-4H3. The number of nitrogens with one attached hydrogen (secondary N) is 1. The zero-order valence-corrected chi connectivity index (χ0v) is 11.9. The van der Waals surface area contributed by atoms with Crippen LogP contribution < -0.4 is 10.1 Å². The maximum Gasteiger partial charge on any atom is 0.119 e. The largest absolute Gasteiger partial charge is 0.494 e. The van der Waals surface area contributed by atoms with Crippen molar-refractivity contribution in [3.05, 3.63) is 29.8 Å². The van der Waals surface area contributed by atoms with E-state index in [1.807, 2.05) is 19.2 Å². The van der Waals surface area contributed by atoms with Crippen molar-refractivity contribution < 1.29 is 9.84 Å². The average molecular weight is 251 g/mol. The fourth-order valence-corrected chi connectivity index (χ4v) is 1.70. The Bertz CT molecular complexity index is 337. The van der Waals surface area contributed by atoms with Gasteiger partial charge in [-0.05, 0) is 36.6 Å². The first-order valence-electron chi connectivity index (χ1n) is 6.49. The molecule has 0 aliphatic rings. The molecule has 1 atom stereocenters. The molecule has 18 heavy (non-hydrogen) atoms. The van der Waals surface area contributed by atoms with Gasteiger partial charge in [0.05, 0.1) is 13.2 Å². The van der Waals surface area contributed by atoms with Crippen LogP contribution in [-0.4, -0.2) is 31.4 Å². The molecule has 102 valence electrons. The Morgan fingerprint density at radius 1 is 1.22 bits per heavy atom. The lowest BCUT2D eigenvalue weighted by atomic mass is 9.87. The molecule has 0 saturated heterocycles. The van der Waals surface area contributed by atoms with Crippen LogP contribution in [0, 0.1) is 0 Å². The molecule has 0 fully saturated rings. The zero-order chi connectivity index (χ0) is 13.6. The van der Waals surface area contributed by atoms with Gasteiger partial charge in [-0.25, -0.2) is 0 Å². The smallest absolute Gasteiger partial charge is 0.119 e. The molecule has 1 aromatic rings. The number of aliphatic hydroxyl groups excluding tert-OH is 1. The van der Waals surface area contributed by atoms with Gasteiger partial charge in [-0.2, -0.15) is 0 Å². The van der Waals surface area contributed by atoms with Crippen LogP contribution in [0.5, 0.6) is 5.75 Å². The third kappa shape index (κ3) is 4.67. The van der Waals surface area contributed by atoms with Crippen molar-refractivity contribution in [2.75, 3.05) is 20.3 Å². The highest BCUT2D eigenvalue weighted by Crippen LogP contribution is 2.24. The Morgan fingerprint density at radius 3 is 2.28 bits per heavy atom. The normalized spacial score (nSPS) is 13.4. The summed E-state index contributed by atoms with van der Waals surface area (Å²) >= 11 is 0. The number of hydrogen-bond donors (Lipinski definition) is 2. The highest BCUT2D eigenvalue weighted by molar-refractivity contribution is 5.31. The van der Waals surface area contributed by atoms with Gasteiger partial charge in [-0.15, -0.1) is 0 Å². The fourth-order valence-electron chi connectivity index (χ4n) is 1.70. The van der Waals surface area contributed by atoms with E-state index in [0.717, 1.165) is 12.2 Å². The molecule has 0 radical (unpaired) electrons. The zero-order valence-electron chi connectivity index (χ0n) is 11.9. The first-order valence-corrected chi connectivity index (χ1v) is 6.49. The molecule has 0 aliphatic carbocycles. The molecular formula is C15H25NO2. The predicted molar refractivity (Wildman–Crippen MR) is 75.2 cm³/mol. The Labute approximate surface area is 110 Å². The molecule has 0 heterocycles. The van der Waals surface area contributed by atoms with E-state index in [1.54, 1.807) is 0 Å². The molecule has 1 unspecified atom stereocenters. The number of aliphatic hydroxyl groups is 1. The quantitative estimate of drug-likeness (QED) is 0.815. The number of likely N-dealkylation sites (N-methyl/N-ethyl adjacent to an activating group) is 1. The number of benzene rings is 1. The summed E-state index contributed by atoms with van der Waals surface area (Å²) in [7, 11) is 1.85. The van der Waals surface area contributed by atoms with Crippen molar-refractivity contribution >= 4 is 0 Å². The molecular weight excluding hydrogens is 226 g/mol. The second-order valence-electron chi connectivity index (χ2n) is 5.58.